The van der Waals surface area contributed by atoms with Gasteiger partial charge in [0.2, 0.25) is 0 Å². The lowest BCUT2D eigenvalue weighted by atomic mass is 10.1. The fraction of sp³-hybridized carbons (Fsp3) is 0.417. The van der Waals surface area contributed by atoms with Crippen LogP contribution in [-0.2, 0) is 20.0 Å². The van der Waals surface area contributed by atoms with Crippen LogP contribution in [0.2, 0.25) is 0 Å². The zero-order valence-corrected chi connectivity index (χ0v) is 10.3. The molecule has 0 aliphatic rings. The third kappa shape index (κ3) is 2.43. The maximum atomic E-state index is 12.0. The minimum Gasteiger partial charge on any atom is -0.292 e. The highest BCUT2D eigenvalue weighted by molar-refractivity contribution is 5.95. The average Bonchev–Trinajstić information content (AvgIpc) is 2.85. The second kappa shape index (κ2) is 4.53. The number of aromatic nitrogens is 4. The molecule has 2 aromatic rings. The van der Waals surface area contributed by atoms with E-state index >= 15 is 0 Å². The van der Waals surface area contributed by atoms with Crippen molar-refractivity contribution in [3.05, 3.63) is 35.4 Å². The maximum absolute atomic E-state index is 12.0. The monoisotopic (exact) mass is 232 g/mol. The van der Waals surface area contributed by atoms with Crippen molar-refractivity contribution in [1.29, 1.82) is 0 Å². The van der Waals surface area contributed by atoms with Crippen LogP contribution in [0.3, 0.4) is 0 Å². The van der Waals surface area contributed by atoms with Gasteiger partial charge in [-0.1, -0.05) is 0 Å². The predicted molar refractivity (Wildman–Crippen MR) is 63.9 cm³/mol. The summed E-state index contributed by atoms with van der Waals surface area (Å²) in [5, 5.41) is 8.43. The highest BCUT2D eigenvalue weighted by atomic mass is 16.1. The quantitative estimate of drug-likeness (QED) is 0.748. The molecule has 0 atom stereocenters. The van der Waals surface area contributed by atoms with E-state index in [2.05, 4.69) is 10.2 Å². The largest absolute Gasteiger partial charge is 0.292 e. The molecule has 17 heavy (non-hydrogen) atoms. The summed E-state index contributed by atoms with van der Waals surface area (Å²) in [6.07, 6.45) is 2.13. The number of nitrogens with zero attached hydrogens (tertiary/aromatic N) is 4. The molecule has 2 heterocycles. The number of Topliss-reactive ketones (excluding diaryl/α,β-unsaturated/α-hetero) is 1. The fourth-order valence-corrected chi connectivity index (χ4v) is 1.83. The predicted octanol–water partition coefficient (Wildman–Crippen LogP) is 1.37. The first-order valence-electron chi connectivity index (χ1n) is 5.66. The highest BCUT2D eigenvalue weighted by Gasteiger charge is 2.13. The molecule has 0 saturated heterocycles. The van der Waals surface area contributed by atoms with Gasteiger partial charge in [0.05, 0.1) is 12.1 Å². The summed E-state index contributed by atoms with van der Waals surface area (Å²) >= 11 is 0. The molecular weight excluding hydrogens is 216 g/mol. The molecule has 0 aliphatic carbocycles. The number of carbonyl (C=O) groups is 1. The van der Waals surface area contributed by atoms with Crippen molar-refractivity contribution >= 4 is 5.78 Å². The summed E-state index contributed by atoms with van der Waals surface area (Å²) in [5.41, 5.74) is 2.39. The molecule has 0 aromatic carbocycles. The highest BCUT2D eigenvalue weighted by Crippen LogP contribution is 2.08. The molecule has 0 unspecified atom stereocenters. The van der Waals surface area contributed by atoms with Gasteiger partial charge in [-0.25, -0.2) is 0 Å². The van der Waals surface area contributed by atoms with Crippen LogP contribution in [0.15, 0.2) is 18.3 Å². The Labute approximate surface area is 100 Å². The van der Waals surface area contributed by atoms with Gasteiger partial charge in [0, 0.05) is 25.5 Å². The number of carbonyl (C=O) groups excluding carboxylic acids is 1. The summed E-state index contributed by atoms with van der Waals surface area (Å²) < 4.78 is 3.49. The van der Waals surface area contributed by atoms with Crippen molar-refractivity contribution in [2.24, 2.45) is 7.05 Å². The van der Waals surface area contributed by atoms with E-state index in [0.29, 0.717) is 12.1 Å². The SMILES string of the molecule is CCn1nc(C)cc1CC(=O)c1ccn(C)n1. The molecule has 2 aromatic heterocycles. The van der Waals surface area contributed by atoms with E-state index in [0.717, 1.165) is 17.9 Å². The van der Waals surface area contributed by atoms with Crippen LogP contribution in [0.1, 0.15) is 28.8 Å². The van der Waals surface area contributed by atoms with Crippen molar-refractivity contribution in [3.63, 3.8) is 0 Å². The van der Waals surface area contributed by atoms with Gasteiger partial charge in [-0.05, 0) is 26.0 Å². The van der Waals surface area contributed by atoms with Gasteiger partial charge < -0.3 is 0 Å². The van der Waals surface area contributed by atoms with Crippen LogP contribution in [0.5, 0.6) is 0 Å². The molecule has 0 bridgehead atoms. The minimum atomic E-state index is 0.0280. The van der Waals surface area contributed by atoms with Gasteiger partial charge >= 0.3 is 0 Å². The van der Waals surface area contributed by atoms with Gasteiger partial charge in [0.1, 0.15) is 5.69 Å². The molecule has 0 saturated carbocycles. The first kappa shape index (κ1) is 11.6. The van der Waals surface area contributed by atoms with Crippen LogP contribution in [0.4, 0.5) is 0 Å². The molecule has 0 spiro atoms. The number of hydrogen-bond acceptors (Lipinski definition) is 3. The van der Waals surface area contributed by atoms with E-state index in [9.17, 15) is 4.79 Å². The minimum absolute atomic E-state index is 0.0280. The summed E-state index contributed by atoms with van der Waals surface area (Å²) in [6, 6.07) is 3.69. The molecule has 0 fully saturated rings. The number of rotatable bonds is 4. The lowest BCUT2D eigenvalue weighted by Gasteiger charge is -2.02. The van der Waals surface area contributed by atoms with E-state index in [4.69, 9.17) is 0 Å². The second-order valence-corrected chi connectivity index (χ2v) is 4.07. The van der Waals surface area contributed by atoms with Crippen LogP contribution >= 0.6 is 0 Å². The molecule has 0 aliphatic heterocycles. The Kier molecular flexibility index (Phi) is 3.08. The van der Waals surface area contributed by atoms with Gasteiger partial charge in [0.15, 0.2) is 5.78 Å². The van der Waals surface area contributed by atoms with Crippen LogP contribution in [-0.4, -0.2) is 25.3 Å². The Bertz CT molecular complexity index is 538. The average molecular weight is 232 g/mol. The zero-order chi connectivity index (χ0) is 12.4. The second-order valence-electron chi connectivity index (χ2n) is 4.07. The summed E-state index contributed by atoms with van der Waals surface area (Å²) in [5.74, 6) is 0.0280. The summed E-state index contributed by atoms with van der Waals surface area (Å²) in [7, 11) is 1.80. The van der Waals surface area contributed by atoms with Gasteiger partial charge in [-0.3, -0.25) is 14.2 Å². The Morgan fingerprint density at radius 1 is 1.41 bits per heavy atom. The van der Waals surface area contributed by atoms with E-state index in [1.165, 1.54) is 0 Å². The molecule has 5 heteroatoms. The number of hydrogen-bond donors (Lipinski definition) is 0. The normalized spacial score (nSPS) is 10.8. The lowest BCUT2D eigenvalue weighted by molar-refractivity contribution is 0.0985. The van der Waals surface area contributed by atoms with Gasteiger partial charge in [-0.15, -0.1) is 0 Å². The van der Waals surface area contributed by atoms with Crippen molar-refractivity contribution in [3.8, 4) is 0 Å². The third-order valence-electron chi connectivity index (χ3n) is 2.63. The van der Waals surface area contributed by atoms with E-state index in [1.807, 2.05) is 24.6 Å². The van der Waals surface area contributed by atoms with Crippen molar-refractivity contribution in [2.45, 2.75) is 26.8 Å². The molecule has 2 rings (SSSR count). The Hall–Kier alpha value is -1.91. The first-order valence-corrected chi connectivity index (χ1v) is 5.66. The maximum Gasteiger partial charge on any atom is 0.188 e. The molecule has 0 amide bonds. The fourth-order valence-electron chi connectivity index (χ4n) is 1.83. The van der Waals surface area contributed by atoms with Crippen molar-refractivity contribution < 1.29 is 4.79 Å². The molecular formula is C12H16N4O. The van der Waals surface area contributed by atoms with Gasteiger partial charge in [-0.2, -0.15) is 10.2 Å². The van der Waals surface area contributed by atoms with E-state index in [-0.39, 0.29) is 5.78 Å². The Morgan fingerprint density at radius 3 is 2.76 bits per heavy atom. The topological polar surface area (TPSA) is 52.7 Å². The summed E-state index contributed by atoms with van der Waals surface area (Å²) in [6.45, 7) is 4.72. The Morgan fingerprint density at radius 2 is 2.18 bits per heavy atom. The number of ketones is 1. The van der Waals surface area contributed by atoms with Crippen LogP contribution in [0, 0.1) is 6.92 Å². The molecule has 0 radical (unpaired) electrons. The molecule has 90 valence electrons. The third-order valence-corrected chi connectivity index (χ3v) is 2.63. The standard InChI is InChI=1S/C12H16N4O/c1-4-16-10(7-9(2)13-16)8-12(17)11-5-6-15(3)14-11/h5-7H,4,8H2,1-3H3. The van der Waals surface area contributed by atoms with E-state index in [1.54, 1.807) is 24.0 Å². The smallest absolute Gasteiger partial charge is 0.188 e. The molecule has 5 nitrogen and oxygen atoms in total. The van der Waals surface area contributed by atoms with Crippen LogP contribution in [0.25, 0.3) is 0 Å². The van der Waals surface area contributed by atoms with Crippen LogP contribution < -0.4 is 0 Å². The summed E-state index contributed by atoms with van der Waals surface area (Å²) in [4.78, 5) is 12.0. The lowest BCUT2D eigenvalue weighted by Crippen LogP contribution is -2.10. The van der Waals surface area contributed by atoms with Crippen molar-refractivity contribution in [2.75, 3.05) is 0 Å². The van der Waals surface area contributed by atoms with Crippen molar-refractivity contribution in [1.82, 2.24) is 19.6 Å². The number of aryl methyl sites for hydroxylation is 3. The van der Waals surface area contributed by atoms with Gasteiger partial charge in [0.25, 0.3) is 0 Å². The first-order chi connectivity index (χ1) is 8.10. The van der Waals surface area contributed by atoms with E-state index < -0.39 is 0 Å². The molecule has 0 N–H and O–H groups in total. The zero-order valence-electron chi connectivity index (χ0n) is 10.3. The Balaban J connectivity index is 2.18.